The van der Waals surface area contributed by atoms with Crippen molar-refractivity contribution in [1.29, 1.82) is 0 Å². The third kappa shape index (κ3) is 4.02. The molecule has 0 atom stereocenters. The van der Waals surface area contributed by atoms with Gasteiger partial charge in [0.15, 0.2) is 0 Å². The molecule has 0 aliphatic rings. The number of rotatable bonds is 6. The highest BCUT2D eigenvalue weighted by atomic mass is 28.3. The second kappa shape index (κ2) is 6.71. The molecule has 2 rings (SSSR count). The second-order valence-electron chi connectivity index (χ2n) is 6.63. The first kappa shape index (κ1) is 16.8. The second-order valence-corrected chi connectivity index (χ2v) is 12.3. The van der Waals surface area contributed by atoms with Gasteiger partial charge in [-0.3, -0.25) is 0 Å². The van der Waals surface area contributed by atoms with E-state index in [9.17, 15) is 4.79 Å². The lowest BCUT2D eigenvalue weighted by molar-refractivity contribution is 0.0601. The molecule has 4 nitrogen and oxygen atoms in total. The zero-order chi connectivity index (χ0) is 16.3. The van der Waals surface area contributed by atoms with Gasteiger partial charge >= 0.3 is 5.97 Å². The summed E-state index contributed by atoms with van der Waals surface area (Å²) in [5, 5.41) is 0.829. The fourth-order valence-corrected chi connectivity index (χ4v) is 2.99. The molecule has 116 valence electrons. The maximum Gasteiger partial charge on any atom is 0.340 e. The monoisotopic (exact) mass is 315 g/mol. The Hall–Kier alpha value is -1.53. The van der Waals surface area contributed by atoms with Gasteiger partial charge < -0.3 is 14.0 Å². The zero-order valence-electron chi connectivity index (χ0n) is 13.7. The van der Waals surface area contributed by atoms with Crippen LogP contribution in [-0.4, -0.2) is 40.2 Å². The number of benzene rings is 1. The number of hydrogen-bond donors (Lipinski definition) is 0. The van der Waals surface area contributed by atoms with E-state index in [0.29, 0.717) is 17.8 Å². The van der Waals surface area contributed by atoms with Crippen molar-refractivity contribution in [2.45, 2.75) is 32.4 Å². The van der Waals surface area contributed by atoms with E-state index in [1.54, 1.807) is 12.3 Å². The highest BCUT2D eigenvalue weighted by Crippen LogP contribution is 2.21. The molecule has 2 radical (unpaired) electrons. The van der Waals surface area contributed by atoms with Gasteiger partial charge in [0.2, 0.25) is 0 Å². The molecule has 22 heavy (non-hydrogen) atoms. The summed E-state index contributed by atoms with van der Waals surface area (Å²) in [5.41, 5.74) is 2.07. The summed E-state index contributed by atoms with van der Waals surface area (Å²) in [6.07, 6.45) is 1.77. The average Bonchev–Trinajstić information content (AvgIpc) is 2.80. The predicted molar refractivity (Wildman–Crippen MR) is 92.8 cm³/mol. The summed E-state index contributed by atoms with van der Waals surface area (Å²) < 4.78 is 12.5. The molecule has 0 N–H and O–H groups in total. The highest BCUT2D eigenvalue weighted by molar-refractivity contribution is 6.76. The molecule has 0 aliphatic heterocycles. The van der Waals surface area contributed by atoms with Crippen LogP contribution < -0.4 is 5.46 Å². The average molecular weight is 315 g/mol. The normalized spacial score (nSPS) is 11.8. The Labute approximate surface area is 133 Å². The van der Waals surface area contributed by atoms with Crippen LogP contribution in [0, 0.1) is 0 Å². The molecule has 2 aromatic rings. The van der Waals surface area contributed by atoms with Gasteiger partial charge in [-0.05, 0) is 12.1 Å². The molecule has 1 aromatic heterocycles. The van der Waals surface area contributed by atoms with Crippen molar-refractivity contribution in [2.75, 3.05) is 13.7 Å². The van der Waals surface area contributed by atoms with Crippen molar-refractivity contribution >= 4 is 38.3 Å². The van der Waals surface area contributed by atoms with Crippen LogP contribution in [0.4, 0.5) is 0 Å². The molecule has 0 saturated carbocycles. The zero-order valence-corrected chi connectivity index (χ0v) is 14.7. The SMILES string of the molecule is [B]c1ccc2c(C(=O)OC)cn(COCC[Si](C)(C)C)c2c1. The summed E-state index contributed by atoms with van der Waals surface area (Å²) in [6, 6.07) is 6.59. The standard InChI is InChI=1S/C16H22BNO3Si/c1-20-16(19)14-10-18(11-21-7-8-22(2,3)4)15-9-12(17)5-6-13(14)15/h5-6,9-10H,7-8,11H2,1-4H3. The van der Waals surface area contributed by atoms with Gasteiger partial charge in [-0.25, -0.2) is 4.79 Å². The van der Waals surface area contributed by atoms with Crippen LogP contribution in [0.3, 0.4) is 0 Å². The summed E-state index contributed by atoms with van der Waals surface area (Å²) in [6.45, 7) is 8.08. The quantitative estimate of drug-likeness (QED) is 0.467. The molecular formula is C16H22BNO3Si. The van der Waals surface area contributed by atoms with Gasteiger partial charge in [0.1, 0.15) is 14.6 Å². The summed E-state index contributed by atoms with van der Waals surface area (Å²) in [7, 11) is 6.14. The number of aromatic nitrogens is 1. The van der Waals surface area contributed by atoms with Crippen molar-refractivity contribution in [1.82, 2.24) is 4.57 Å². The lowest BCUT2D eigenvalue weighted by atomic mass is 9.95. The number of fused-ring (bicyclic) bond motifs is 1. The molecule has 0 spiro atoms. The van der Waals surface area contributed by atoms with E-state index in [2.05, 4.69) is 19.6 Å². The summed E-state index contributed by atoms with van der Waals surface area (Å²) >= 11 is 0. The van der Waals surface area contributed by atoms with E-state index >= 15 is 0 Å². The van der Waals surface area contributed by atoms with Gasteiger partial charge in [-0.15, -0.1) is 0 Å². The Morgan fingerprint density at radius 3 is 2.68 bits per heavy atom. The van der Waals surface area contributed by atoms with E-state index in [1.807, 2.05) is 16.7 Å². The summed E-state index contributed by atoms with van der Waals surface area (Å²) in [5.74, 6) is -0.351. The number of carbonyl (C=O) groups excluding carboxylic acids is 1. The third-order valence-electron chi connectivity index (χ3n) is 3.54. The van der Waals surface area contributed by atoms with Gasteiger partial charge in [0.25, 0.3) is 0 Å². The first-order valence-electron chi connectivity index (χ1n) is 7.36. The van der Waals surface area contributed by atoms with Crippen LogP contribution in [0.25, 0.3) is 10.9 Å². The first-order valence-corrected chi connectivity index (χ1v) is 11.1. The molecule has 6 heteroatoms. The predicted octanol–water partition coefficient (Wildman–Crippen LogP) is 2.53. The van der Waals surface area contributed by atoms with Crippen LogP contribution in [0.15, 0.2) is 24.4 Å². The van der Waals surface area contributed by atoms with Crippen LogP contribution >= 0.6 is 0 Å². The molecule has 1 heterocycles. The van der Waals surface area contributed by atoms with Crippen LogP contribution in [-0.2, 0) is 16.2 Å². The fourth-order valence-electron chi connectivity index (χ4n) is 2.23. The van der Waals surface area contributed by atoms with E-state index in [4.69, 9.17) is 17.3 Å². The summed E-state index contributed by atoms with van der Waals surface area (Å²) in [4.78, 5) is 11.9. The van der Waals surface area contributed by atoms with Crippen LogP contribution in [0.2, 0.25) is 25.7 Å². The molecule has 0 amide bonds. The van der Waals surface area contributed by atoms with Crippen molar-refractivity contribution in [2.24, 2.45) is 0 Å². The molecule has 1 aromatic carbocycles. The Kier molecular flexibility index (Phi) is 5.13. The number of hydrogen-bond acceptors (Lipinski definition) is 3. The Morgan fingerprint density at radius 1 is 1.32 bits per heavy atom. The smallest absolute Gasteiger partial charge is 0.340 e. The van der Waals surface area contributed by atoms with Crippen molar-refractivity contribution in [3.63, 3.8) is 0 Å². The molecule has 0 saturated heterocycles. The first-order chi connectivity index (χ1) is 10.3. The number of carbonyl (C=O) groups is 1. The fraction of sp³-hybridized carbons (Fsp3) is 0.438. The van der Waals surface area contributed by atoms with Gasteiger partial charge in [0, 0.05) is 26.3 Å². The molecule has 0 unspecified atom stereocenters. The Bertz CT molecular complexity index is 676. The third-order valence-corrected chi connectivity index (χ3v) is 5.24. The minimum atomic E-state index is -1.10. The van der Waals surface area contributed by atoms with E-state index in [0.717, 1.165) is 23.6 Å². The highest BCUT2D eigenvalue weighted by Gasteiger charge is 2.16. The maximum atomic E-state index is 11.9. The minimum absolute atomic E-state index is 0.351. The molecule has 0 fully saturated rings. The minimum Gasteiger partial charge on any atom is -0.465 e. The van der Waals surface area contributed by atoms with Crippen LogP contribution in [0.5, 0.6) is 0 Å². The Morgan fingerprint density at radius 2 is 2.05 bits per heavy atom. The topological polar surface area (TPSA) is 40.5 Å². The van der Waals surface area contributed by atoms with Gasteiger partial charge in [-0.1, -0.05) is 37.2 Å². The molecule has 0 bridgehead atoms. The van der Waals surface area contributed by atoms with Crippen molar-refractivity contribution in [3.05, 3.63) is 30.0 Å². The molecular weight excluding hydrogens is 293 g/mol. The van der Waals surface area contributed by atoms with Gasteiger partial charge in [-0.2, -0.15) is 0 Å². The number of esters is 1. The maximum absolute atomic E-state index is 11.9. The largest absolute Gasteiger partial charge is 0.465 e. The van der Waals surface area contributed by atoms with Gasteiger partial charge in [0.05, 0.1) is 18.2 Å². The van der Waals surface area contributed by atoms with Crippen LogP contribution in [0.1, 0.15) is 10.4 Å². The number of ether oxygens (including phenoxy) is 2. The number of methoxy groups -OCH3 is 1. The van der Waals surface area contributed by atoms with Crippen molar-refractivity contribution < 1.29 is 14.3 Å². The lowest BCUT2D eigenvalue weighted by Gasteiger charge is -2.15. The van der Waals surface area contributed by atoms with E-state index in [-0.39, 0.29) is 5.97 Å². The van der Waals surface area contributed by atoms with E-state index < -0.39 is 8.07 Å². The number of nitrogens with zero attached hydrogens (tertiary/aromatic N) is 1. The lowest BCUT2D eigenvalue weighted by Crippen LogP contribution is -2.22. The molecule has 0 aliphatic carbocycles. The van der Waals surface area contributed by atoms with E-state index in [1.165, 1.54) is 7.11 Å². The Balaban J connectivity index is 2.21. The van der Waals surface area contributed by atoms with Crippen molar-refractivity contribution in [3.8, 4) is 0 Å².